The average molecular weight is 318 g/mol. The second-order valence-electron chi connectivity index (χ2n) is 4.59. The Labute approximate surface area is 126 Å². The molecule has 1 heterocycles. The van der Waals surface area contributed by atoms with E-state index in [0.29, 0.717) is 5.56 Å². The van der Waals surface area contributed by atoms with Gasteiger partial charge in [0.1, 0.15) is 5.69 Å². The Morgan fingerprint density at radius 2 is 1.64 bits per heavy atom. The van der Waals surface area contributed by atoms with Gasteiger partial charge in [0.25, 0.3) is 0 Å². The zero-order valence-corrected chi connectivity index (χ0v) is 12.0. The maximum absolute atomic E-state index is 14.1. The topological polar surface area (TPSA) is 86.2 Å². The molecular weight excluding hydrogens is 307 g/mol. The molecule has 7 heteroatoms. The lowest BCUT2D eigenvalue weighted by atomic mass is 10.0. The Bertz CT molecular complexity index is 921. The van der Waals surface area contributed by atoms with Crippen molar-refractivity contribution in [3.63, 3.8) is 0 Å². The van der Waals surface area contributed by atoms with Gasteiger partial charge in [-0.1, -0.05) is 53.7 Å². The van der Waals surface area contributed by atoms with Gasteiger partial charge in [-0.2, -0.15) is 4.39 Å². The van der Waals surface area contributed by atoms with Crippen LogP contribution in [0.15, 0.2) is 64.0 Å². The van der Waals surface area contributed by atoms with Gasteiger partial charge in [0.05, 0.1) is 10.5 Å². The number of hydrogen-bond acceptors (Lipinski definition) is 4. The van der Waals surface area contributed by atoms with E-state index in [-0.39, 0.29) is 21.7 Å². The molecule has 5 nitrogen and oxygen atoms in total. The van der Waals surface area contributed by atoms with Crippen LogP contribution >= 0.6 is 0 Å². The predicted octanol–water partition coefficient (Wildman–Crippen LogP) is 2.80. The van der Waals surface area contributed by atoms with Crippen molar-refractivity contribution in [1.82, 2.24) is 5.16 Å². The summed E-state index contributed by atoms with van der Waals surface area (Å²) in [5, 5.41) is 8.90. The maximum Gasteiger partial charge on any atom is 0.314 e. The van der Waals surface area contributed by atoms with Crippen LogP contribution in [0.25, 0.3) is 22.4 Å². The number of sulfonamides is 1. The number of hydrogen-bond donors (Lipinski definition) is 1. The number of nitrogens with two attached hydrogens (primary N) is 1. The standard InChI is InChI=1S/C15H11FN2O3S/c16-15-13(11-8-4-5-9-12(11)22(17,19)20)14(18-21-15)10-6-2-1-3-7-10/h1-9H,(H2,17,19,20). The van der Waals surface area contributed by atoms with Crippen LogP contribution in [-0.4, -0.2) is 13.6 Å². The number of halogens is 1. The van der Waals surface area contributed by atoms with Crippen molar-refractivity contribution >= 4 is 10.0 Å². The van der Waals surface area contributed by atoms with E-state index in [0.717, 1.165) is 0 Å². The molecule has 0 aliphatic rings. The predicted molar refractivity (Wildman–Crippen MR) is 78.7 cm³/mol. The molecule has 112 valence electrons. The van der Waals surface area contributed by atoms with Gasteiger partial charge in [-0.05, 0) is 6.07 Å². The minimum absolute atomic E-state index is 0.0316. The van der Waals surface area contributed by atoms with Crippen LogP contribution < -0.4 is 5.14 Å². The number of nitrogens with zero attached hydrogens (tertiary/aromatic N) is 1. The van der Waals surface area contributed by atoms with Crippen LogP contribution in [-0.2, 0) is 10.0 Å². The zero-order chi connectivity index (χ0) is 15.7. The van der Waals surface area contributed by atoms with E-state index >= 15 is 0 Å². The highest BCUT2D eigenvalue weighted by atomic mass is 32.2. The molecule has 0 aliphatic heterocycles. The quantitative estimate of drug-likeness (QED) is 0.804. The van der Waals surface area contributed by atoms with Crippen molar-refractivity contribution < 1.29 is 17.3 Å². The molecule has 2 N–H and O–H groups in total. The summed E-state index contributed by atoms with van der Waals surface area (Å²) in [5.74, 6) is 0. The van der Waals surface area contributed by atoms with Gasteiger partial charge in [-0.15, -0.1) is 0 Å². The molecule has 1 aromatic heterocycles. The van der Waals surface area contributed by atoms with Crippen LogP contribution in [0, 0.1) is 6.01 Å². The summed E-state index contributed by atoms with van der Waals surface area (Å²) in [4.78, 5) is -0.186. The minimum Gasteiger partial charge on any atom is -0.325 e. The lowest BCUT2D eigenvalue weighted by Gasteiger charge is -2.07. The molecule has 0 amide bonds. The summed E-state index contributed by atoms with van der Waals surface area (Å²) in [6.45, 7) is 0. The van der Waals surface area contributed by atoms with Gasteiger partial charge in [-0.25, -0.2) is 13.6 Å². The summed E-state index contributed by atoms with van der Waals surface area (Å²) in [6.07, 6.45) is 0. The molecule has 0 fully saturated rings. The second kappa shape index (κ2) is 5.36. The first-order chi connectivity index (χ1) is 10.5. The lowest BCUT2D eigenvalue weighted by molar-refractivity contribution is 0.284. The molecule has 0 aliphatic carbocycles. The summed E-state index contributed by atoms with van der Waals surface area (Å²) < 4.78 is 42.1. The number of rotatable bonds is 3. The molecule has 0 saturated heterocycles. The monoisotopic (exact) mass is 318 g/mol. The van der Waals surface area contributed by atoms with Crippen molar-refractivity contribution in [2.75, 3.05) is 0 Å². The summed E-state index contributed by atoms with van der Waals surface area (Å²) in [6, 6.07) is 13.7. The number of benzene rings is 2. The van der Waals surface area contributed by atoms with Crippen molar-refractivity contribution in [3.8, 4) is 22.4 Å². The third-order valence-electron chi connectivity index (χ3n) is 3.16. The summed E-state index contributed by atoms with van der Waals surface area (Å²) >= 11 is 0. The van der Waals surface area contributed by atoms with Gasteiger partial charge in [0.2, 0.25) is 10.0 Å². The third kappa shape index (κ3) is 2.51. The first kappa shape index (κ1) is 14.4. The normalized spacial score (nSPS) is 11.5. The van der Waals surface area contributed by atoms with Crippen molar-refractivity contribution in [2.24, 2.45) is 5.14 Å². The molecular formula is C15H11FN2O3S. The molecule has 0 unspecified atom stereocenters. The zero-order valence-electron chi connectivity index (χ0n) is 11.2. The van der Waals surface area contributed by atoms with Gasteiger partial charge >= 0.3 is 6.01 Å². The second-order valence-corrected chi connectivity index (χ2v) is 6.12. The van der Waals surface area contributed by atoms with E-state index in [9.17, 15) is 12.8 Å². The fraction of sp³-hybridized carbons (Fsp3) is 0. The SMILES string of the molecule is NS(=O)(=O)c1ccccc1-c1c(-c2ccccc2)noc1F. The molecule has 0 spiro atoms. The fourth-order valence-electron chi connectivity index (χ4n) is 2.22. The van der Waals surface area contributed by atoms with Crippen LogP contribution in [0.1, 0.15) is 0 Å². The average Bonchev–Trinajstić information content (AvgIpc) is 2.89. The summed E-state index contributed by atoms with van der Waals surface area (Å²) in [5.41, 5.74) is 0.905. The van der Waals surface area contributed by atoms with E-state index in [2.05, 4.69) is 9.68 Å². The highest BCUT2D eigenvalue weighted by Crippen LogP contribution is 2.36. The van der Waals surface area contributed by atoms with E-state index in [1.54, 1.807) is 36.4 Å². The van der Waals surface area contributed by atoms with Crippen LogP contribution in [0.5, 0.6) is 0 Å². The van der Waals surface area contributed by atoms with Gasteiger partial charge in [-0.3, -0.25) is 0 Å². The van der Waals surface area contributed by atoms with Gasteiger partial charge in [0.15, 0.2) is 0 Å². The molecule has 22 heavy (non-hydrogen) atoms. The third-order valence-corrected chi connectivity index (χ3v) is 4.13. The Morgan fingerprint density at radius 1 is 1.00 bits per heavy atom. The van der Waals surface area contributed by atoms with Gasteiger partial charge in [0, 0.05) is 11.1 Å². The number of primary sulfonamides is 1. The van der Waals surface area contributed by atoms with Crippen molar-refractivity contribution in [1.29, 1.82) is 0 Å². The van der Waals surface area contributed by atoms with E-state index in [1.165, 1.54) is 18.2 Å². The molecule has 0 saturated carbocycles. The van der Waals surface area contributed by atoms with Crippen LogP contribution in [0.2, 0.25) is 0 Å². The van der Waals surface area contributed by atoms with Crippen molar-refractivity contribution in [2.45, 2.75) is 4.90 Å². The first-order valence-corrected chi connectivity index (χ1v) is 7.86. The molecule has 0 radical (unpaired) electrons. The van der Waals surface area contributed by atoms with Crippen molar-refractivity contribution in [3.05, 3.63) is 60.6 Å². The van der Waals surface area contributed by atoms with Gasteiger partial charge < -0.3 is 4.52 Å². The highest BCUT2D eigenvalue weighted by Gasteiger charge is 2.24. The Kier molecular flexibility index (Phi) is 3.51. The Balaban J connectivity index is 2.30. The van der Waals surface area contributed by atoms with Crippen LogP contribution in [0.4, 0.5) is 4.39 Å². The smallest absolute Gasteiger partial charge is 0.314 e. The largest absolute Gasteiger partial charge is 0.325 e. The molecule has 2 aromatic carbocycles. The number of aromatic nitrogens is 1. The van der Waals surface area contributed by atoms with E-state index in [4.69, 9.17) is 5.14 Å². The Morgan fingerprint density at radius 3 is 2.32 bits per heavy atom. The van der Waals surface area contributed by atoms with E-state index < -0.39 is 16.0 Å². The molecule has 0 bridgehead atoms. The molecule has 0 atom stereocenters. The van der Waals surface area contributed by atoms with E-state index in [1.807, 2.05) is 0 Å². The molecule has 3 aromatic rings. The summed E-state index contributed by atoms with van der Waals surface area (Å²) in [7, 11) is -4.01. The fourth-order valence-corrected chi connectivity index (χ4v) is 2.96. The Hall–Kier alpha value is -2.51. The lowest BCUT2D eigenvalue weighted by Crippen LogP contribution is -2.13. The van der Waals surface area contributed by atoms with Crippen LogP contribution in [0.3, 0.4) is 0 Å². The first-order valence-electron chi connectivity index (χ1n) is 6.31. The highest BCUT2D eigenvalue weighted by molar-refractivity contribution is 7.89. The maximum atomic E-state index is 14.1. The minimum atomic E-state index is -4.01. The molecule has 3 rings (SSSR count).